The summed E-state index contributed by atoms with van der Waals surface area (Å²) in [6, 6.07) is 7.17. The Morgan fingerprint density at radius 1 is 1.07 bits per heavy atom. The molecule has 0 saturated heterocycles. The summed E-state index contributed by atoms with van der Waals surface area (Å²) in [4.78, 5) is 3.50. The van der Waals surface area contributed by atoms with Gasteiger partial charge in [0, 0.05) is 5.39 Å². The lowest BCUT2D eigenvalue weighted by Gasteiger charge is -2.07. The van der Waals surface area contributed by atoms with Gasteiger partial charge in [-0.25, -0.2) is 4.98 Å². The molecule has 0 amide bonds. The molecule has 2 nitrogen and oxygen atoms in total. The van der Waals surface area contributed by atoms with Crippen molar-refractivity contribution >= 4 is 16.6 Å². The molecular weight excluding hydrogens is 205 g/mol. The topological polar surface area (TPSA) is 38.9 Å². The summed E-state index contributed by atoms with van der Waals surface area (Å²) in [5.41, 5.74) is 5.05. The summed E-state index contributed by atoms with van der Waals surface area (Å²) in [5, 5.41) is 0.600. The van der Waals surface area contributed by atoms with Crippen molar-refractivity contribution < 1.29 is 13.2 Å². The highest BCUT2D eigenvalue weighted by molar-refractivity contribution is 5.89. The number of para-hydroxylation sites is 1. The van der Waals surface area contributed by atoms with Crippen molar-refractivity contribution in [1.82, 2.24) is 4.98 Å². The standard InChI is InChI=1S/C10H7F3N2/c11-10(12,13)8-5-4-6-2-1-3-7(14)9(6)15-8/h1-5H,14H2. The van der Waals surface area contributed by atoms with Crippen molar-refractivity contribution in [2.24, 2.45) is 0 Å². The Morgan fingerprint density at radius 3 is 2.47 bits per heavy atom. The van der Waals surface area contributed by atoms with Crippen LogP contribution in [0.2, 0.25) is 0 Å². The highest BCUT2D eigenvalue weighted by atomic mass is 19.4. The molecule has 1 aromatic heterocycles. The van der Waals surface area contributed by atoms with Crippen LogP contribution in [-0.2, 0) is 6.18 Å². The molecule has 2 N–H and O–H groups in total. The van der Waals surface area contributed by atoms with E-state index < -0.39 is 11.9 Å². The second-order valence-corrected chi connectivity index (χ2v) is 3.11. The first kappa shape index (κ1) is 9.76. The molecule has 2 rings (SSSR count). The van der Waals surface area contributed by atoms with Gasteiger partial charge in [-0.3, -0.25) is 0 Å². The molecule has 15 heavy (non-hydrogen) atoms. The minimum atomic E-state index is -4.43. The van der Waals surface area contributed by atoms with Crippen molar-refractivity contribution in [2.75, 3.05) is 5.73 Å². The van der Waals surface area contributed by atoms with Gasteiger partial charge in [0.1, 0.15) is 5.69 Å². The zero-order valence-corrected chi connectivity index (χ0v) is 7.55. The van der Waals surface area contributed by atoms with E-state index in [0.29, 0.717) is 5.39 Å². The van der Waals surface area contributed by atoms with E-state index in [1.54, 1.807) is 12.1 Å². The van der Waals surface area contributed by atoms with E-state index in [1.807, 2.05) is 0 Å². The molecule has 0 saturated carbocycles. The number of anilines is 1. The van der Waals surface area contributed by atoms with Crippen molar-refractivity contribution in [1.29, 1.82) is 0 Å². The van der Waals surface area contributed by atoms with E-state index in [9.17, 15) is 13.2 Å². The van der Waals surface area contributed by atoms with Gasteiger partial charge < -0.3 is 5.73 Å². The second-order valence-electron chi connectivity index (χ2n) is 3.11. The Bertz CT molecular complexity index is 505. The fraction of sp³-hybridized carbons (Fsp3) is 0.100. The van der Waals surface area contributed by atoms with Crippen molar-refractivity contribution in [3.63, 3.8) is 0 Å². The van der Waals surface area contributed by atoms with E-state index in [-0.39, 0.29) is 11.2 Å². The molecule has 0 atom stereocenters. The van der Waals surface area contributed by atoms with Crippen LogP contribution >= 0.6 is 0 Å². The predicted molar refractivity (Wildman–Crippen MR) is 51.2 cm³/mol. The van der Waals surface area contributed by atoms with Crippen LogP contribution in [0.25, 0.3) is 10.9 Å². The van der Waals surface area contributed by atoms with Gasteiger partial charge in [0.25, 0.3) is 0 Å². The maximum absolute atomic E-state index is 12.3. The molecule has 1 heterocycles. The number of nitrogens with two attached hydrogens (primary N) is 1. The molecule has 0 aliphatic carbocycles. The number of fused-ring (bicyclic) bond motifs is 1. The number of pyridine rings is 1. The van der Waals surface area contributed by atoms with Crippen molar-refractivity contribution in [3.8, 4) is 0 Å². The Hall–Kier alpha value is -1.78. The van der Waals surface area contributed by atoms with Gasteiger partial charge in [0.05, 0.1) is 11.2 Å². The third-order valence-corrected chi connectivity index (χ3v) is 2.04. The smallest absolute Gasteiger partial charge is 0.397 e. The van der Waals surface area contributed by atoms with Crippen LogP contribution in [0, 0.1) is 0 Å². The summed E-state index contributed by atoms with van der Waals surface area (Å²) >= 11 is 0. The van der Waals surface area contributed by atoms with Gasteiger partial charge in [-0.15, -0.1) is 0 Å². The lowest BCUT2D eigenvalue weighted by Crippen LogP contribution is -2.08. The molecule has 0 radical (unpaired) electrons. The predicted octanol–water partition coefficient (Wildman–Crippen LogP) is 2.84. The van der Waals surface area contributed by atoms with Crippen molar-refractivity contribution in [3.05, 3.63) is 36.0 Å². The summed E-state index contributed by atoms with van der Waals surface area (Å²) < 4.78 is 37.0. The first-order valence-corrected chi connectivity index (χ1v) is 4.21. The zero-order valence-electron chi connectivity index (χ0n) is 7.55. The lowest BCUT2D eigenvalue weighted by molar-refractivity contribution is -0.140. The summed E-state index contributed by atoms with van der Waals surface area (Å²) in [7, 11) is 0. The number of benzene rings is 1. The lowest BCUT2D eigenvalue weighted by atomic mass is 10.2. The highest BCUT2D eigenvalue weighted by Crippen LogP contribution is 2.30. The maximum Gasteiger partial charge on any atom is 0.433 e. The minimum absolute atomic E-state index is 0.187. The van der Waals surface area contributed by atoms with Gasteiger partial charge in [0.2, 0.25) is 0 Å². The number of alkyl halides is 3. The van der Waals surface area contributed by atoms with Gasteiger partial charge in [0.15, 0.2) is 0 Å². The summed E-state index contributed by atoms with van der Waals surface area (Å²) in [5.74, 6) is 0. The van der Waals surface area contributed by atoms with E-state index in [0.717, 1.165) is 6.07 Å². The van der Waals surface area contributed by atoms with Crippen LogP contribution in [0.4, 0.5) is 18.9 Å². The third-order valence-electron chi connectivity index (χ3n) is 2.04. The normalized spacial score (nSPS) is 11.9. The van der Waals surface area contributed by atoms with E-state index in [4.69, 9.17) is 5.73 Å². The second kappa shape index (κ2) is 3.12. The molecule has 1 aromatic carbocycles. The average Bonchev–Trinajstić information content (AvgIpc) is 2.16. The Labute approximate surface area is 83.5 Å². The van der Waals surface area contributed by atoms with Gasteiger partial charge >= 0.3 is 6.18 Å². The van der Waals surface area contributed by atoms with Gasteiger partial charge in [-0.2, -0.15) is 13.2 Å². The molecule has 0 unspecified atom stereocenters. The number of hydrogen-bond donors (Lipinski definition) is 1. The number of halogens is 3. The molecule has 5 heteroatoms. The average molecular weight is 212 g/mol. The first-order valence-electron chi connectivity index (χ1n) is 4.21. The minimum Gasteiger partial charge on any atom is -0.397 e. The van der Waals surface area contributed by atoms with Crippen LogP contribution in [0.1, 0.15) is 5.69 Å². The Morgan fingerprint density at radius 2 is 1.80 bits per heavy atom. The van der Waals surface area contributed by atoms with Gasteiger partial charge in [-0.1, -0.05) is 18.2 Å². The van der Waals surface area contributed by atoms with Crippen LogP contribution < -0.4 is 5.73 Å². The number of rotatable bonds is 0. The maximum atomic E-state index is 12.3. The molecule has 0 aliphatic rings. The zero-order chi connectivity index (χ0) is 11.1. The van der Waals surface area contributed by atoms with E-state index in [1.165, 1.54) is 12.1 Å². The summed E-state index contributed by atoms with van der Waals surface area (Å²) in [6.07, 6.45) is -4.43. The van der Waals surface area contributed by atoms with E-state index in [2.05, 4.69) is 4.98 Å². The molecule has 0 aliphatic heterocycles. The monoisotopic (exact) mass is 212 g/mol. The van der Waals surface area contributed by atoms with Crippen LogP contribution in [0.15, 0.2) is 30.3 Å². The van der Waals surface area contributed by atoms with E-state index >= 15 is 0 Å². The molecule has 0 fully saturated rings. The van der Waals surface area contributed by atoms with Crippen molar-refractivity contribution in [2.45, 2.75) is 6.18 Å². The summed E-state index contributed by atoms with van der Waals surface area (Å²) in [6.45, 7) is 0. The first-order chi connectivity index (χ1) is 6.98. The fourth-order valence-electron chi connectivity index (χ4n) is 1.33. The number of nitrogen functional groups attached to an aromatic ring is 1. The Balaban J connectivity index is 2.70. The molecule has 78 valence electrons. The van der Waals surface area contributed by atoms with Crippen LogP contribution in [0.3, 0.4) is 0 Å². The third kappa shape index (κ3) is 1.72. The van der Waals surface area contributed by atoms with Crippen LogP contribution in [0.5, 0.6) is 0 Å². The fourth-order valence-corrected chi connectivity index (χ4v) is 1.33. The number of aromatic nitrogens is 1. The highest BCUT2D eigenvalue weighted by Gasteiger charge is 2.32. The quantitative estimate of drug-likeness (QED) is 0.682. The van der Waals surface area contributed by atoms with Gasteiger partial charge in [-0.05, 0) is 12.1 Å². The SMILES string of the molecule is Nc1cccc2ccc(C(F)(F)F)nc12. The molecular formula is C10H7F3N2. The van der Waals surface area contributed by atoms with Crippen LogP contribution in [-0.4, -0.2) is 4.98 Å². The molecule has 0 spiro atoms. The molecule has 2 aromatic rings. The largest absolute Gasteiger partial charge is 0.433 e. The number of nitrogens with zero attached hydrogens (tertiary/aromatic N) is 1. The molecule has 0 bridgehead atoms. The number of hydrogen-bond acceptors (Lipinski definition) is 2. The Kier molecular flexibility index (Phi) is 2.03.